The molecule has 264 valence electrons. The first kappa shape index (κ1) is 35.3. The summed E-state index contributed by atoms with van der Waals surface area (Å²) in [5.74, 6) is -0.258. The molecule has 1 unspecified atom stereocenters. The van der Waals surface area contributed by atoms with Crippen molar-refractivity contribution in [1.82, 2.24) is 10.2 Å². The molecule has 49 heavy (non-hydrogen) atoms. The zero-order chi connectivity index (χ0) is 34.5. The van der Waals surface area contributed by atoms with Gasteiger partial charge in [-0.3, -0.25) is 4.90 Å². The van der Waals surface area contributed by atoms with Gasteiger partial charge in [0.1, 0.15) is 23.9 Å². The van der Waals surface area contributed by atoms with Gasteiger partial charge in [-0.25, -0.2) is 18.0 Å². The van der Waals surface area contributed by atoms with Crippen molar-refractivity contribution >= 4 is 5.97 Å². The van der Waals surface area contributed by atoms with Gasteiger partial charge in [0, 0.05) is 50.3 Å². The number of esters is 1. The highest BCUT2D eigenvalue weighted by Crippen LogP contribution is 2.46. The fraction of sp³-hybridized carbons (Fsp3) is 0.525. The van der Waals surface area contributed by atoms with Gasteiger partial charge in [0.05, 0.1) is 6.61 Å². The number of hydrogen-bond acceptors (Lipinski definition) is 6. The number of nitrogens with zero attached hydrogens (tertiary/aromatic N) is 1. The molecule has 6 nitrogen and oxygen atoms in total. The van der Waals surface area contributed by atoms with E-state index in [1.165, 1.54) is 31.2 Å². The van der Waals surface area contributed by atoms with E-state index >= 15 is 0 Å². The highest BCUT2D eigenvalue weighted by Gasteiger charge is 2.55. The van der Waals surface area contributed by atoms with Crippen LogP contribution in [0.15, 0.2) is 60.7 Å². The fourth-order valence-electron chi connectivity index (χ4n) is 7.39. The zero-order valence-corrected chi connectivity index (χ0v) is 28.9. The van der Waals surface area contributed by atoms with Crippen LogP contribution in [0.4, 0.5) is 13.2 Å². The first-order chi connectivity index (χ1) is 23.5. The molecule has 2 saturated carbocycles. The minimum absolute atomic E-state index is 0.0233. The Labute approximate surface area is 288 Å². The van der Waals surface area contributed by atoms with E-state index in [0.29, 0.717) is 61.8 Å². The number of rotatable bonds is 15. The summed E-state index contributed by atoms with van der Waals surface area (Å²) in [7, 11) is 0. The highest BCUT2D eigenvalue weighted by atomic mass is 19.2. The number of fused-ring (bicyclic) bond motifs is 1. The van der Waals surface area contributed by atoms with Crippen LogP contribution in [0.3, 0.4) is 0 Å². The Morgan fingerprint density at radius 1 is 0.878 bits per heavy atom. The minimum atomic E-state index is -1.16. The number of piperidine rings is 1. The van der Waals surface area contributed by atoms with Crippen molar-refractivity contribution in [2.24, 2.45) is 17.8 Å². The van der Waals surface area contributed by atoms with Crippen LogP contribution >= 0.6 is 0 Å². The summed E-state index contributed by atoms with van der Waals surface area (Å²) in [6, 6.07) is 17.7. The predicted octanol–water partition coefficient (Wildman–Crippen LogP) is 7.61. The first-order valence-electron chi connectivity index (χ1n) is 17.8. The smallest absolute Gasteiger partial charge is 0.347 e. The van der Waals surface area contributed by atoms with Gasteiger partial charge in [-0.2, -0.15) is 0 Å². The van der Waals surface area contributed by atoms with Gasteiger partial charge >= 0.3 is 5.97 Å². The lowest BCUT2D eigenvalue weighted by molar-refractivity contribution is -0.152. The summed E-state index contributed by atoms with van der Waals surface area (Å²) in [6.07, 6.45) is 5.50. The minimum Gasteiger partial charge on any atom is -0.492 e. The summed E-state index contributed by atoms with van der Waals surface area (Å²) in [5.41, 5.74) is 2.36. The molecular formula is C40H49F3N2O4. The third kappa shape index (κ3) is 9.37. The Balaban J connectivity index is 0.945. The van der Waals surface area contributed by atoms with Crippen LogP contribution in [0.25, 0.3) is 0 Å². The van der Waals surface area contributed by atoms with Gasteiger partial charge in [-0.1, -0.05) is 70.7 Å². The molecule has 1 heterocycles. The van der Waals surface area contributed by atoms with Crippen molar-refractivity contribution in [1.29, 1.82) is 0 Å². The average molecular weight is 679 g/mol. The number of halogens is 3. The van der Waals surface area contributed by atoms with Crippen molar-refractivity contribution < 1.29 is 32.2 Å². The molecular weight excluding hydrogens is 629 g/mol. The maximum Gasteiger partial charge on any atom is 0.347 e. The van der Waals surface area contributed by atoms with E-state index in [1.807, 2.05) is 48.5 Å². The molecule has 3 fully saturated rings. The number of carbonyl (C=O) groups excluding carboxylic acids is 1. The Morgan fingerprint density at radius 3 is 2.20 bits per heavy atom. The predicted molar refractivity (Wildman–Crippen MR) is 183 cm³/mol. The Morgan fingerprint density at radius 2 is 1.53 bits per heavy atom. The number of ether oxygens (including phenoxy) is 3. The molecule has 1 saturated heterocycles. The summed E-state index contributed by atoms with van der Waals surface area (Å²) in [6.45, 7) is 9.98. The molecule has 3 aromatic rings. The van der Waals surface area contributed by atoms with Crippen molar-refractivity contribution in [2.45, 2.75) is 83.4 Å². The molecule has 0 amide bonds. The monoisotopic (exact) mass is 678 g/mol. The van der Waals surface area contributed by atoms with Crippen LogP contribution in [0.2, 0.25) is 0 Å². The molecule has 9 heteroatoms. The van der Waals surface area contributed by atoms with Crippen molar-refractivity contribution in [3.63, 3.8) is 0 Å². The third-order valence-electron chi connectivity index (χ3n) is 10.4. The first-order valence-corrected chi connectivity index (χ1v) is 17.8. The largest absolute Gasteiger partial charge is 0.492 e. The maximum absolute atomic E-state index is 14.0. The van der Waals surface area contributed by atoms with Crippen LogP contribution in [0.1, 0.15) is 69.6 Å². The molecule has 6 rings (SSSR count). The van der Waals surface area contributed by atoms with E-state index < -0.39 is 23.6 Å². The van der Waals surface area contributed by atoms with Crippen molar-refractivity contribution in [3.05, 3.63) is 94.8 Å². The molecule has 1 aliphatic heterocycles. The van der Waals surface area contributed by atoms with Gasteiger partial charge < -0.3 is 19.5 Å². The Hall–Kier alpha value is -3.56. The van der Waals surface area contributed by atoms with Crippen LogP contribution in [0.5, 0.6) is 11.5 Å². The molecule has 0 aromatic heterocycles. The topological polar surface area (TPSA) is 60.0 Å². The third-order valence-corrected chi connectivity index (χ3v) is 10.4. The number of likely N-dealkylation sites (tertiary alicyclic amines) is 1. The molecule has 0 spiro atoms. The van der Waals surface area contributed by atoms with Crippen LogP contribution in [0, 0.1) is 35.2 Å². The average Bonchev–Trinajstić information content (AvgIpc) is 3.40. The van der Waals surface area contributed by atoms with Gasteiger partial charge in [0.25, 0.3) is 0 Å². The molecule has 4 atom stereocenters. The lowest BCUT2D eigenvalue weighted by Gasteiger charge is -2.21. The van der Waals surface area contributed by atoms with Gasteiger partial charge in [0.15, 0.2) is 17.7 Å². The second-order valence-electron chi connectivity index (χ2n) is 15.0. The zero-order valence-electron chi connectivity index (χ0n) is 28.9. The maximum atomic E-state index is 14.0. The lowest BCUT2D eigenvalue weighted by Crippen LogP contribution is -2.33. The number of nitrogens with one attached hydrogen (secondary N) is 1. The molecule has 3 aliphatic rings. The van der Waals surface area contributed by atoms with Crippen molar-refractivity contribution in [3.8, 4) is 11.5 Å². The highest BCUT2D eigenvalue weighted by molar-refractivity contribution is 5.75. The molecule has 3 aromatic carbocycles. The normalized spacial score (nSPS) is 21.4. The summed E-state index contributed by atoms with van der Waals surface area (Å²) in [5, 5.41) is 3.56. The molecule has 1 N–H and O–H groups in total. The second-order valence-corrected chi connectivity index (χ2v) is 15.0. The van der Waals surface area contributed by atoms with Crippen LogP contribution < -0.4 is 14.8 Å². The summed E-state index contributed by atoms with van der Waals surface area (Å²) in [4.78, 5) is 15.3. The Bertz CT molecular complexity index is 1540. The molecule has 0 bridgehead atoms. The van der Waals surface area contributed by atoms with E-state index in [4.69, 9.17) is 14.2 Å². The fourth-order valence-corrected chi connectivity index (χ4v) is 7.39. The number of carbonyl (C=O) groups is 1. The summed E-state index contributed by atoms with van der Waals surface area (Å²) < 4.78 is 58.8. The Kier molecular flexibility index (Phi) is 11.2. The van der Waals surface area contributed by atoms with E-state index in [0.717, 1.165) is 36.9 Å². The lowest BCUT2D eigenvalue weighted by atomic mass is 9.87. The van der Waals surface area contributed by atoms with Gasteiger partial charge in [0.2, 0.25) is 0 Å². The second kappa shape index (κ2) is 15.5. The van der Waals surface area contributed by atoms with Gasteiger partial charge in [-0.05, 0) is 71.0 Å². The molecule has 2 aliphatic carbocycles. The molecule has 0 radical (unpaired) electrons. The van der Waals surface area contributed by atoms with Crippen LogP contribution in [-0.4, -0.2) is 55.9 Å². The summed E-state index contributed by atoms with van der Waals surface area (Å²) >= 11 is 0. The SMILES string of the molecule is CC(C)(C)c1ccc(O[C@@H](Cc2ccc(OCCN[C@H]3C4CN(Cc5cc(F)c(F)cc5F)C[C@@H]43)cc2)C(=O)OCCC2CCCC2)cc1. The number of benzene rings is 3. The van der Waals surface area contributed by atoms with Gasteiger partial charge in [-0.15, -0.1) is 0 Å². The quantitative estimate of drug-likeness (QED) is 0.102. The van der Waals surface area contributed by atoms with Crippen molar-refractivity contribution in [2.75, 3.05) is 32.8 Å². The van der Waals surface area contributed by atoms with E-state index in [9.17, 15) is 18.0 Å². The van der Waals surface area contributed by atoms with Crippen LogP contribution in [-0.2, 0) is 27.9 Å². The van der Waals surface area contributed by atoms with E-state index in [-0.39, 0.29) is 23.5 Å². The van der Waals surface area contributed by atoms with E-state index in [1.54, 1.807) is 0 Å². The standard InChI is InChI=1S/C40H49F3N2O4/c1-40(2,3)29-10-14-31(15-11-29)49-37(39(46)48-18-16-26-6-4-5-7-26)20-27-8-12-30(13-9-27)47-19-17-44-38-32-24-45(25-33(32)38)23-28-21-35(42)36(43)22-34(28)41/h8-15,21-22,26,32-33,37-38,44H,4-7,16-20,23-25H2,1-3H3/t32-,33?,37-,38+/m0/s1. The van der Waals surface area contributed by atoms with E-state index in [2.05, 4.69) is 31.0 Å². The number of hydrogen-bond donors (Lipinski definition) is 1.